The van der Waals surface area contributed by atoms with E-state index in [1.807, 2.05) is 0 Å². The molecule has 0 aliphatic carbocycles. The molecular weight excluding hydrogens is 196 g/mol. The van der Waals surface area contributed by atoms with Crippen LogP contribution in [0.15, 0.2) is 0 Å². The first kappa shape index (κ1) is 12.5. The van der Waals surface area contributed by atoms with E-state index < -0.39 is 18.2 Å². The van der Waals surface area contributed by atoms with Crippen molar-refractivity contribution in [3.63, 3.8) is 0 Å². The van der Waals surface area contributed by atoms with Crippen LogP contribution in [0, 0.1) is 5.92 Å². The normalized spacial score (nSPS) is 19.3. The van der Waals surface area contributed by atoms with Gasteiger partial charge in [-0.15, -0.1) is 0 Å². The lowest BCUT2D eigenvalue weighted by Gasteiger charge is -2.17. The minimum Gasteiger partial charge on any atom is -0.481 e. The molecule has 0 bridgehead atoms. The molecule has 1 saturated heterocycles. The molecule has 1 aliphatic rings. The molecule has 1 aliphatic heterocycles. The first-order chi connectivity index (χ1) is 7.25. The van der Waals surface area contributed by atoms with E-state index in [2.05, 4.69) is 6.92 Å². The molecular formula is C11H20O4. The van der Waals surface area contributed by atoms with Gasteiger partial charge in [0.05, 0.1) is 13.2 Å². The van der Waals surface area contributed by atoms with Crippen LogP contribution in [-0.2, 0) is 14.3 Å². The fourth-order valence-corrected chi connectivity index (χ4v) is 1.78. The van der Waals surface area contributed by atoms with Gasteiger partial charge in [0.1, 0.15) is 5.92 Å². The monoisotopic (exact) mass is 216 g/mol. The molecule has 15 heavy (non-hydrogen) atoms. The SMILES string of the molecule is CCCCCCC(C(=O)O)C1OCCO1. The largest absolute Gasteiger partial charge is 0.481 e. The van der Waals surface area contributed by atoms with E-state index in [0.717, 1.165) is 19.3 Å². The maximum absolute atomic E-state index is 11.0. The Hall–Kier alpha value is -0.610. The highest BCUT2D eigenvalue weighted by Gasteiger charge is 2.31. The second-order valence-electron chi connectivity index (χ2n) is 3.90. The molecule has 1 rings (SSSR count). The number of hydrogen-bond acceptors (Lipinski definition) is 3. The molecule has 1 heterocycles. The summed E-state index contributed by atoms with van der Waals surface area (Å²) in [5.41, 5.74) is 0. The lowest BCUT2D eigenvalue weighted by Crippen LogP contribution is -2.28. The Morgan fingerprint density at radius 2 is 2.00 bits per heavy atom. The first-order valence-corrected chi connectivity index (χ1v) is 5.71. The van der Waals surface area contributed by atoms with Crippen molar-refractivity contribution >= 4 is 5.97 Å². The number of carboxylic acid groups (broad SMARTS) is 1. The van der Waals surface area contributed by atoms with Gasteiger partial charge in [-0.3, -0.25) is 4.79 Å². The number of hydrogen-bond donors (Lipinski definition) is 1. The number of carbonyl (C=O) groups is 1. The zero-order valence-corrected chi connectivity index (χ0v) is 9.28. The number of aliphatic carboxylic acids is 1. The summed E-state index contributed by atoms with van der Waals surface area (Å²) in [4.78, 5) is 11.0. The highest BCUT2D eigenvalue weighted by molar-refractivity contribution is 5.70. The van der Waals surface area contributed by atoms with E-state index in [0.29, 0.717) is 19.6 Å². The number of ether oxygens (including phenoxy) is 2. The molecule has 1 N–H and O–H groups in total. The smallest absolute Gasteiger partial charge is 0.311 e. The van der Waals surface area contributed by atoms with Gasteiger partial charge >= 0.3 is 5.97 Å². The zero-order valence-electron chi connectivity index (χ0n) is 9.28. The molecule has 1 atom stereocenters. The maximum atomic E-state index is 11.0. The van der Waals surface area contributed by atoms with Crippen molar-refractivity contribution in [2.24, 2.45) is 5.92 Å². The van der Waals surface area contributed by atoms with Crippen LogP contribution < -0.4 is 0 Å². The summed E-state index contributed by atoms with van der Waals surface area (Å²) in [5, 5.41) is 9.03. The van der Waals surface area contributed by atoms with Gasteiger partial charge in [0, 0.05) is 0 Å². The summed E-state index contributed by atoms with van der Waals surface area (Å²) in [6.07, 6.45) is 4.48. The summed E-state index contributed by atoms with van der Waals surface area (Å²) in [6, 6.07) is 0. The summed E-state index contributed by atoms with van der Waals surface area (Å²) >= 11 is 0. The van der Waals surface area contributed by atoms with Crippen LogP contribution in [0.1, 0.15) is 39.0 Å². The van der Waals surface area contributed by atoms with Crippen LogP contribution in [0.4, 0.5) is 0 Å². The van der Waals surface area contributed by atoms with Crippen LogP contribution in [0.3, 0.4) is 0 Å². The van der Waals surface area contributed by atoms with Crippen molar-refractivity contribution < 1.29 is 19.4 Å². The standard InChI is InChI=1S/C11H20O4/c1-2-3-4-5-6-9(10(12)13)11-14-7-8-15-11/h9,11H,2-8H2,1H3,(H,12,13). The van der Waals surface area contributed by atoms with Crippen LogP contribution in [0.5, 0.6) is 0 Å². The molecule has 1 unspecified atom stereocenters. The van der Waals surface area contributed by atoms with E-state index in [9.17, 15) is 4.79 Å². The highest BCUT2D eigenvalue weighted by Crippen LogP contribution is 2.21. The van der Waals surface area contributed by atoms with Gasteiger partial charge in [0.15, 0.2) is 6.29 Å². The molecule has 4 nitrogen and oxygen atoms in total. The molecule has 0 aromatic carbocycles. The third-order valence-electron chi connectivity index (χ3n) is 2.66. The molecule has 0 amide bonds. The Labute approximate surface area is 90.6 Å². The molecule has 0 radical (unpaired) electrons. The van der Waals surface area contributed by atoms with Gasteiger partial charge in [-0.1, -0.05) is 32.6 Å². The Kier molecular flexibility index (Phi) is 5.65. The van der Waals surface area contributed by atoms with E-state index in [1.54, 1.807) is 0 Å². The molecule has 0 spiro atoms. The van der Waals surface area contributed by atoms with Crippen LogP contribution >= 0.6 is 0 Å². The van der Waals surface area contributed by atoms with Crippen molar-refractivity contribution in [1.29, 1.82) is 0 Å². The van der Waals surface area contributed by atoms with Crippen molar-refractivity contribution in [3.05, 3.63) is 0 Å². The van der Waals surface area contributed by atoms with Gasteiger partial charge in [-0.2, -0.15) is 0 Å². The number of unbranched alkanes of at least 4 members (excludes halogenated alkanes) is 3. The third-order valence-corrected chi connectivity index (χ3v) is 2.66. The predicted molar refractivity (Wildman–Crippen MR) is 55.6 cm³/mol. The van der Waals surface area contributed by atoms with Crippen molar-refractivity contribution in [2.75, 3.05) is 13.2 Å². The molecule has 0 saturated carbocycles. The zero-order chi connectivity index (χ0) is 11.1. The van der Waals surface area contributed by atoms with Crippen LogP contribution in [0.2, 0.25) is 0 Å². The van der Waals surface area contributed by atoms with Gasteiger partial charge in [0.2, 0.25) is 0 Å². The molecule has 0 aromatic heterocycles. The minimum absolute atomic E-state index is 0.496. The lowest BCUT2D eigenvalue weighted by molar-refractivity contribution is -0.158. The predicted octanol–water partition coefficient (Wildman–Crippen LogP) is 2.03. The fourth-order valence-electron chi connectivity index (χ4n) is 1.78. The molecule has 88 valence electrons. The van der Waals surface area contributed by atoms with E-state index >= 15 is 0 Å². The van der Waals surface area contributed by atoms with Crippen molar-refractivity contribution in [2.45, 2.75) is 45.3 Å². The Morgan fingerprint density at radius 3 is 2.53 bits per heavy atom. The Balaban J connectivity index is 2.27. The number of carboxylic acids is 1. The molecule has 4 heteroatoms. The minimum atomic E-state index is -0.807. The Bertz CT molecular complexity index is 187. The summed E-state index contributed by atoms with van der Waals surface area (Å²) in [7, 11) is 0. The maximum Gasteiger partial charge on any atom is 0.311 e. The second kappa shape index (κ2) is 6.80. The van der Waals surface area contributed by atoms with Crippen molar-refractivity contribution in [3.8, 4) is 0 Å². The van der Waals surface area contributed by atoms with Gasteiger partial charge in [-0.05, 0) is 6.42 Å². The quantitative estimate of drug-likeness (QED) is 0.661. The summed E-state index contributed by atoms with van der Waals surface area (Å²) < 4.78 is 10.5. The fraction of sp³-hybridized carbons (Fsp3) is 0.909. The highest BCUT2D eigenvalue weighted by atomic mass is 16.7. The summed E-state index contributed by atoms with van der Waals surface area (Å²) in [5.74, 6) is -1.30. The van der Waals surface area contributed by atoms with Crippen molar-refractivity contribution in [1.82, 2.24) is 0 Å². The first-order valence-electron chi connectivity index (χ1n) is 5.71. The van der Waals surface area contributed by atoms with Gasteiger partial charge in [0.25, 0.3) is 0 Å². The third kappa shape index (κ3) is 4.18. The summed E-state index contributed by atoms with van der Waals surface area (Å²) in [6.45, 7) is 3.17. The van der Waals surface area contributed by atoms with Gasteiger partial charge in [-0.25, -0.2) is 0 Å². The van der Waals surface area contributed by atoms with Gasteiger partial charge < -0.3 is 14.6 Å². The van der Waals surface area contributed by atoms with Crippen LogP contribution in [0.25, 0.3) is 0 Å². The van der Waals surface area contributed by atoms with E-state index in [1.165, 1.54) is 6.42 Å². The molecule has 0 aromatic rings. The van der Waals surface area contributed by atoms with E-state index in [-0.39, 0.29) is 0 Å². The Morgan fingerprint density at radius 1 is 1.33 bits per heavy atom. The average Bonchev–Trinajstić information content (AvgIpc) is 2.70. The molecule has 1 fully saturated rings. The number of rotatable bonds is 7. The van der Waals surface area contributed by atoms with E-state index in [4.69, 9.17) is 14.6 Å². The topological polar surface area (TPSA) is 55.8 Å². The average molecular weight is 216 g/mol. The lowest BCUT2D eigenvalue weighted by atomic mass is 10.0. The van der Waals surface area contributed by atoms with Crippen LogP contribution in [-0.4, -0.2) is 30.6 Å². The second-order valence-corrected chi connectivity index (χ2v) is 3.90.